The van der Waals surface area contributed by atoms with Gasteiger partial charge in [-0.1, -0.05) is 71.2 Å². The monoisotopic (exact) mass is 334 g/mol. The highest BCUT2D eigenvalue weighted by Crippen LogP contribution is 2.39. The van der Waals surface area contributed by atoms with Crippen LogP contribution in [0.1, 0.15) is 48.9 Å². The van der Waals surface area contributed by atoms with E-state index in [0.717, 1.165) is 21.5 Å². The molecule has 94 valence electrons. The summed E-state index contributed by atoms with van der Waals surface area (Å²) in [5.41, 5.74) is 1.13. The summed E-state index contributed by atoms with van der Waals surface area (Å²) in [6, 6.07) is 5.70. The normalized spacial score (nSPS) is 19.2. The van der Waals surface area contributed by atoms with E-state index in [-0.39, 0.29) is 0 Å². The molecule has 0 amide bonds. The molecule has 0 N–H and O–H groups in total. The van der Waals surface area contributed by atoms with E-state index in [0.29, 0.717) is 4.83 Å². The van der Waals surface area contributed by atoms with Gasteiger partial charge in [0.05, 0.1) is 0 Å². The summed E-state index contributed by atoms with van der Waals surface area (Å²) < 4.78 is 0. The van der Waals surface area contributed by atoms with Gasteiger partial charge in [0.2, 0.25) is 0 Å². The van der Waals surface area contributed by atoms with E-state index >= 15 is 0 Å². The summed E-state index contributed by atoms with van der Waals surface area (Å²) in [6.45, 7) is 0. The summed E-state index contributed by atoms with van der Waals surface area (Å²) >= 11 is 16.0. The Morgan fingerprint density at radius 2 is 1.88 bits per heavy atom. The molecule has 1 aromatic rings. The molecule has 1 aromatic carbocycles. The predicted molar refractivity (Wildman–Crippen MR) is 79.3 cm³/mol. The summed E-state index contributed by atoms with van der Waals surface area (Å²) in [5, 5.41) is 1.57. The van der Waals surface area contributed by atoms with Gasteiger partial charge in [-0.2, -0.15) is 0 Å². The van der Waals surface area contributed by atoms with Crippen LogP contribution in [0.2, 0.25) is 10.0 Å². The van der Waals surface area contributed by atoms with Crippen LogP contribution >= 0.6 is 39.1 Å². The number of hydrogen-bond acceptors (Lipinski definition) is 0. The smallest absolute Gasteiger partial charge is 0.0450 e. The van der Waals surface area contributed by atoms with E-state index < -0.39 is 0 Å². The van der Waals surface area contributed by atoms with Gasteiger partial charge in [-0.3, -0.25) is 0 Å². The Hall–Kier alpha value is 0.280. The van der Waals surface area contributed by atoms with E-state index in [1.807, 2.05) is 18.2 Å². The van der Waals surface area contributed by atoms with Crippen molar-refractivity contribution in [3.63, 3.8) is 0 Å². The third-order valence-electron chi connectivity index (χ3n) is 3.56. The molecule has 1 aliphatic rings. The fourth-order valence-corrected chi connectivity index (χ4v) is 4.07. The molecule has 1 saturated carbocycles. The zero-order chi connectivity index (χ0) is 12.3. The Kier molecular flexibility index (Phi) is 5.20. The second kappa shape index (κ2) is 6.45. The summed E-state index contributed by atoms with van der Waals surface area (Å²) in [6.07, 6.45) is 8.06. The van der Waals surface area contributed by atoms with Crippen molar-refractivity contribution in [2.24, 2.45) is 5.92 Å². The molecule has 0 aliphatic heterocycles. The highest BCUT2D eigenvalue weighted by Gasteiger charge is 2.20. The number of hydrogen-bond donors (Lipinski definition) is 0. The third-order valence-corrected chi connectivity index (χ3v) is 5.01. The number of alkyl halides is 1. The molecule has 0 aromatic heterocycles. The molecule has 0 nitrogen and oxygen atoms in total. The SMILES string of the molecule is Clc1ccc(Cl)c(C(Br)CC2CCCCC2)c1. The molecule has 1 aliphatic carbocycles. The molecule has 0 radical (unpaired) electrons. The first-order valence-corrected chi connectivity index (χ1v) is 7.93. The highest BCUT2D eigenvalue weighted by molar-refractivity contribution is 9.09. The van der Waals surface area contributed by atoms with Gasteiger partial charge in [0.15, 0.2) is 0 Å². The Bertz CT molecular complexity index is 372. The lowest BCUT2D eigenvalue weighted by Crippen LogP contribution is -2.08. The van der Waals surface area contributed by atoms with E-state index in [4.69, 9.17) is 23.2 Å². The van der Waals surface area contributed by atoms with Crippen molar-refractivity contribution < 1.29 is 0 Å². The minimum absolute atomic E-state index is 0.330. The standard InChI is InChI=1S/C14H17BrCl2/c15-13(8-10-4-2-1-3-5-10)12-9-11(16)6-7-14(12)17/h6-7,9-10,13H,1-5,8H2. The van der Waals surface area contributed by atoms with Crippen LogP contribution in [0.25, 0.3) is 0 Å². The number of benzene rings is 1. The van der Waals surface area contributed by atoms with Gasteiger partial charge in [-0.25, -0.2) is 0 Å². The van der Waals surface area contributed by atoms with Crippen molar-refractivity contribution in [3.8, 4) is 0 Å². The first-order valence-electron chi connectivity index (χ1n) is 6.26. The van der Waals surface area contributed by atoms with Crippen LogP contribution in [-0.2, 0) is 0 Å². The Labute approximate surface area is 122 Å². The Morgan fingerprint density at radius 1 is 1.18 bits per heavy atom. The summed E-state index contributed by atoms with van der Waals surface area (Å²) in [7, 11) is 0. The molecule has 2 rings (SSSR count). The van der Waals surface area contributed by atoms with E-state index in [9.17, 15) is 0 Å². The second-order valence-electron chi connectivity index (χ2n) is 4.87. The predicted octanol–water partition coefficient (Wildman–Crippen LogP) is 6.40. The van der Waals surface area contributed by atoms with Gasteiger partial charge < -0.3 is 0 Å². The lowest BCUT2D eigenvalue weighted by atomic mass is 9.85. The molecule has 17 heavy (non-hydrogen) atoms. The molecule has 3 heteroatoms. The third kappa shape index (κ3) is 3.87. The van der Waals surface area contributed by atoms with Gasteiger partial charge in [0.25, 0.3) is 0 Å². The molecule has 0 spiro atoms. The maximum atomic E-state index is 6.22. The Morgan fingerprint density at radius 3 is 2.59 bits per heavy atom. The molecule has 0 heterocycles. The topological polar surface area (TPSA) is 0 Å². The van der Waals surface area contributed by atoms with Gasteiger partial charge in [-0.15, -0.1) is 0 Å². The molecular weight excluding hydrogens is 319 g/mol. The lowest BCUT2D eigenvalue weighted by molar-refractivity contribution is 0.338. The first kappa shape index (κ1) is 13.7. The molecule has 0 bridgehead atoms. The number of rotatable bonds is 3. The van der Waals surface area contributed by atoms with Crippen LogP contribution in [-0.4, -0.2) is 0 Å². The average molecular weight is 336 g/mol. The van der Waals surface area contributed by atoms with Crippen LogP contribution in [0.4, 0.5) is 0 Å². The van der Waals surface area contributed by atoms with Crippen molar-refractivity contribution in [1.29, 1.82) is 0 Å². The molecule has 1 unspecified atom stereocenters. The number of halogens is 3. The van der Waals surface area contributed by atoms with Crippen molar-refractivity contribution >= 4 is 39.1 Å². The maximum Gasteiger partial charge on any atom is 0.0450 e. The quantitative estimate of drug-likeness (QED) is 0.560. The van der Waals surface area contributed by atoms with Crippen LogP contribution < -0.4 is 0 Å². The van der Waals surface area contributed by atoms with Crippen LogP contribution in [0.3, 0.4) is 0 Å². The van der Waals surface area contributed by atoms with Gasteiger partial charge in [-0.05, 0) is 36.1 Å². The van der Waals surface area contributed by atoms with Crippen LogP contribution in [0.15, 0.2) is 18.2 Å². The maximum absolute atomic E-state index is 6.22. The summed E-state index contributed by atoms with van der Waals surface area (Å²) in [5.74, 6) is 0.836. The fourth-order valence-electron chi connectivity index (χ4n) is 2.60. The highest BCUT2D eigenvalue weighted by atomic mass is 79.9. The molecule has 1 fully saturated rings. The molecule has 1 atom stereocenters. The van der Waals surface area contributed by atoms with Crippen LogP contribution in [0.5, 0.6) is 0 Å². The van der Waals surface area contributed by atoms with Crippen LogP contribution in [0, 0.1) is 5.92 Å². The van der Waals surface area contributed by atoms with Gasteiger partial charge >= 0.3 is 0 Å². The van der Waals surface area contributed by atoms with E-state index in [1.54, 1.807) is 0 Å². The van der Waals surface area contributed by atoms with Crippen molar-refractivity contribution in [3.05, 3.63) is 33.8 Å². The average Bonchev–Trinajstić information content (AvgIpc) is 2.33. The van der Waals surface area contributed by atoms with Crippen molar-refractivity contribution in [2.45, 2.75) is 43.4 Å². The minimum atomic E-state index is 0.330. The largest absolute Gasteiger partial charge is 0.0843 e. The summed E-state index contributed by atoms with van der Waals surface area (Å²) in [4.78, 5) is 0.330. The minimum Gasteiger partial charge on any atom is -0.0843 e. The van der Waals surface area contributed by atoms with Gasteiger partial charge in [0.1, 0.15) is 0 Å². The first-order chi connectivity index (χ1) is 8.16. The zero-order valence-electron chi connectivity index (χ0n) is 9.76. The van der Waals surface area contributed by atoms with E-state index in [2.05, 4.69) is 15.9 Å². The molecular formula is C14H17BrCl2. The zero-order valence-corrected chi connectivity index (χ0v) is 12.9. The van der Waals surface area contributed by atoms with E-state index in [1.165, 1.54) is 38.5 Å². The lowest BCUT2D eigenvalue weighted by Gasteiger charge is -2.24. The molecule has 0 saturated heterocycles. The second-order valence-corrected chi connectivity index (χ2v) is 6.82. The van der Waals surface area contributed by atoms with Crippen molar-refractivity contribution in [1.82, 2.24) is 0 Å². The fraction of sp³-hybridized carbons (Fsp3) is 0.571. The van der Waals surface area contributed by atoms with Crippen molar-refractivity contribution in [2.75, 3.05) is 0 Å². The Balaban J connectivity index is 2.02. The van der Waals surface area contributed by atoms with Gasteiger partial charge in [0, 0.05) is 14.9 Å².